The van der Waals surface area contributed by atoms with Gasteiger partial charge in [-0.25, -0.2) is 4.98 Å². The van der Waals surface area contributed by atoms with Gasteiger partial charge in [-0.15, -0.1) is 11.3 Å². The molecule has 1 amide bonds. The van der Waals surface area contributed by atoms with Crippen LogP contribution in [0, 0.1) is 20.8 Å². The summed E-state index contributed by atoms with van der Waals surface area (Å²) < 4.78 is 6.03. The average molecular weight is 409 g/mol. The van der Waals surface area contributed by atoms with Crippen LogP contribution >= 0.6 is 11.3 Å². The minimum Gasteiger partial charge on any atom is -0.486 e. The van der Waals surface area contributed by atoms with E-state index in [-0.39, 0.29) is 5.91 Å². The maximum Gasteiger partial charge on any atom is 0.254 e. The minimum atomic E-state index is 0.0455. The Morgan fingerprint density at radius 1 is 1.14 bits per heavy atom. The van der Waals surface area contributed by atoms with Crippen molar-refractivity contribution in [3.63, 3.8) is 0 Å². The second-order valence-electron chi connectivity index (χ2n) is 7.32. The number of amides is 1. The molecule has 4 nitrogen and oxygen atoms in total. The van der Waals surface area contributed by atoms with Gasteiger partial charge in [-0.1, -0.05) is 31.2 Å². The van der Waals surface area contributed by atoms with Gasteiger partial charge in [0.2, 0.25) is 0 Å². The topological polar surface area (TPSA) is 42.4 Å². The van der Waals surface area contributed by atoms with Crippen LogP contribution in [0.3, 0.4) is 0 Å². The summed E-state index contributed by atoms with van der Waals surface area (Å²) in [5.74, 6) is 0.954. The number of rotatable bonds is 8. The third-order valence-electron chi connectivity index (χ3n) is 4.87. The van der Waals surface area contributed by atoms with E-state index < -0.39 is 0 Å². The van der Waals surface area contributed by atoms with Crippen molar-refractivity contribution >= 4 is 17.2 Å². The molecule has 29 heavy (non-hydrogen) atoms. The van der Waals surface area contributed by atoms with E-state index in [2.05, 4.69) is 39.8 Å². The molecule has 0 bridgehead atoms. The standard InChI is InChI=1S/C24H28N2O2S/c1-5-11-26(24(27)20-9-7-6-8-10-20)14-21-16-29-23(25-21)15-28-22-13-17(2)12-18(3)19(22)4/h6-10,12-13,16H,5,11,14-15H2,1-4H3. The molecule has 3 aromatic rings. The number of benzene rings is 2. The van der Waals surface area contributed by atoms with Gasteiger partial charge < -0.3 is 9.64 Å². The Labute approximate surface area is 177 Å². The monoisotopic (exact) mass is 408 g/mol. The van der Waals surface area contributed by atoms with E-state index in [1.54, 1.807) is 11.3 Å². The molecule has 1 aromatic heterocycles. The van der Waals surface area contributed by atoms with Crippen molar-refractivity contribution < 1.29 is 9.53 Å². The zero-order valence-electron chi connectivity index (χ0n) is 17.6. The van der Waals surface area contributed by atoms with Crippen molar-refractivity contribution in [2.75, 3.05) is 6.54 Å². The van der Waals surface area contributed by atoms with Gasteiger partial charge in [0.05, 0.1) is 12.2 Å². The first kappa shape index (κ1) is 21.1. The third-order valence-corrected chi connectivity index (χ3v) is 5.74. The number of thiazole rings is 1. The first-order valence-electron chi connectivity index (χ1n) is 9.96. The molecule has 0 saturated heterocycles. The van der Waals surface area contributed by atoms with Crippen LogP contribution in [0.4, 0.5) is 0 Å². The predicted molar refractivity (Wildman–Crippen MR) is 119 cm³/mol. The molecule has 0 unspecified atom stereocenters. The van der Waals surface area contributed by atoms with E-state index in [0.29, 0.717) is 25.3 Å². The molecule has 0 atom stereocenters. The molecule has 5 heteroatoms. The smallest absolute Gasteiger partial charge is 0.254 e. The van der Waals surface area contributed by atoms with E-state index in [4.69, 9.17) is 9.72 Å². The predicted octanol–water partition coefficient (Wildman–Crippen LogP) is 5.70. The highest BCUT2D eigenvalue weighted by molar-refractivity contribution is 7.09. The van der Waals surface area contributed by atoms with Gasteiger partial charge in [-0.3, -0.25) is 4.79 Å². The van der Waals surface area contributed by atoms with Gasteiger partial charge >= 0.3 is 0 Å². The van der Waals surface area contributed by atoms with Crippen molar-refractivity contribution in [3.05, 3.63) is 80.8 Å². The molecule has 0 aliphatic carbocycles. The van der Waals surface area contributed by atoms with Crippen molar-refractivity contribution in [2.24, 2.45) is 0 Å². The normalized spacial score (nSPS) is 10.8. The number of ether oxygens (including phenoxy) is 1. The van der Waals surface area contributed by atoms with Crippen LogP contribution < -0.4 is 4.74 Å². The summed E-state index contributed by atoms with van der Waals surface area (Å²) in [6, 6.07) is 13.7. The van der Waals surface area contributed by atoms with Crippen LogP contribution in [0.5, 0.6) is 5.75 Å². The number of nitrogens with zero attached hydrogens (tertiary/aromatic N) is 2. The Hall–Kier alpha value is -2.66. The summed E-state index contributed by atoms with van der Waals surface area (Å²) in [7, 11) is 0. The lowest BCUT2D eigenvalue weighted by Crippen LogP contribution is -2.31. The van der Waals surface area contributed by atoms with Gasteiger partial charge in [0.1, 0.15) is 17.4 Å². The van der Waals surface area contributed by atoms with Gasteiger partial charge in [-0.05, 0) is 62.1 Å². The molecule has 0 fully saturated rings. The van der Waals surface area contributed by atoms with Crippen LogP contribution in [0.15, 0.2) is 47.8 Å². The molecular weight excluding hydrogens is 380 g/mol. The van der Waals surface area contributed by atoms with Crippen LogP contribution in [-0.2, 0) is 13.2 Å². The molecule has 1 heterocycles. The first-order chi connectivity index (χ1) is 14.0. The molecule has 0 N–H and O–H groups in total. The summed E-state index contributed by atoms with van der Waals surface area (Å²) >= 11 is 1.58. The Kier molecular flexibility index (Phi) is 7.04. The lowest BCUT2D eigenvalue weighted by Gasteiger charge is -2.21. The minimum absolute atomic E-state index is 0.0455. The SMILES string of the molecule is CCCN(Cc1csc(COc2cc(C)cc(C)c2C)n1)C(=O)c1ccccc1. The Morgan fingerprint density at radius 2 is 1.90 bits per heavy atom. The maximum absolute atomic E-state index is 12.8. The molecule has 152 valence electrons. The summed E-state index contributed by atoms with van der Waals surface area (Å²) in [5.41, 5.74) is 5.20. The molecule has 3 rings (SSSR count). The number of hydrogen-bond donors (Lipinski definition) is 0. The van der Waals surface area contributed by atoms with Crippen molar-refractivity contribution in [3.8, 4) is 5.75 Å². The highest BCUT2D eigenvalue weighted by Crippen LogP contribution is 2.25. The molecular formula is C24H28N2O2S. The zero-order valence-corrected chi connectivity index (χ0v) is 18.4. The van der Waals surface area contributed by atoms with Gasteiger partial charge in [0.25, 0.3) is 5.91 Å². The third kappa shape index (κ3) is 5.45. The Bertz CT molecular complexity index is 966. The quantitative estimate of drug-likeness (QED) is 0.480. The zero-order chi connectivity index (χ0) is 20.8. The first-order valence-corrected chi connectivity index (χ1v) is 10.8. The number of carbonyl (C=O) groups excluding carboxylic acids is 1. The fraction of sp³-hybridized carbons (Fsp3) is 0.333. The molecule has 0 aliphatic heterocycles. The largest absolute Gasteiger partial charge is 0.486 e. The van der Waals surface area contributed by atoms with E-state index in [1.165, 1.54) is 11.1 Å². The van der Waals surface area contributed by atoms with Gasteiger partial charge in [0, 0.05) is 17.5 Å². The fourth-order valence-corrected chi connectivity index (χ4v) is 3.96. The molecule has 0 spiro atoms. The van der Waals surface area contributed by atoms with E-state index >= 15 is 0 Å². The number of carbonyl (C=O) groups is 1. The fourth-order valence-electron chi connectivity index (χ4n) is 3.26. The lowest BCUT2D eigenvalue weighted by molar-refractivity contribution is 0.0741. The highest BCUT2D eigenvalue weighted by Gasteiger charge is 2.17. The second-order valence-corrected chi connectivity index (χ2v) is 8.26. The van der Waals surface area contributed by atoms with Crippen LogP contribution in [-0.4, -0.2) is 22.3 Å². The average Bonchev–Trinajstić information content (AvgIpc) is 3.17. The molecule has 2 aromatic carbocycles. The van der Waals surface area contributed by atoms with E-state index in [9.17, 15) is 4.79 Å². The molecule has 0 radical (unpaired) electrons. The van der Waals surface area contributed by atoms with Gasteiger partial charge in [0.15, 0.2) is 0 Å². The summed E-state index contributed by atoms with van der Waals surface area (Å²) in [5, 5.41) is 2.94. The van der Waals surface area contributed by atoms with Crippen molar-refractivity contribution in [1.82, 2.24) is 9.88 Å². The van der Waals surface area contributed by atoms with Crippen LogP contribution in [0.2, 0.25) is 0 Å². The van der Waals surface area contributed by atoms with Crippen molar-refractivity contribution in [1.29, 1.82) is 0 Å². The number of hydrogen-bond acceptors (Lipinski definition) is 4. The Morgan fingerprint density at radius 3 is 2.62 bits per heavy atom. The lowest BCUT2D eigenvalue weighted by atomic mass is 10.1. The molecule has 0 saturated carbocycles. The summed E-state index contributed by atoms with van der Waals surface area (Å²) in [6.07, 6.45) is 0.907. The van der Waals surface area contributed by atoms with Crippen LogP contribution in [0.25, 0.3) is 0 Å². The molecule has 0 aliphatic rings. The number of aryl methyl sites for hydroxylation is 2. The summed E-state index contributed by atoms with van der Waals surface area (Å²) in [4.78, 5) is 19.4. The van der Waals surface area contributed by atoms with Crippen molar-refractivity contribution in [2.45, 2.75) is 47.3 Å². The van der Waals surface area contributed by atoms with Crippen LogP contribution in [0.1, 0.15) is 51.1 Å². The van der Waals surface area contributed by atoms with Gasteiger partial charge in [-0.2, -0.15) is 0 Å². The van der Waals surface area contributed by atoms with E-state index in [0.717, 1.165) is 28.4 Å². The maximum atomic E-state index is 12.8. The Balaban J connectivity index is 1.66. The second kappa shape index (κ2) is 9.70. The highest BCUT2D eigenvalue weighted by atomic mass is 32.1. The van der Waals surface area contributed by atoms with E-state index in [1.807, 2.05) is 40.6 Å². The summed E-state index contributed by atoms with van der Waals surface area (Å²) in [6.45, 7) is 10.00. The number of aromatic nitrogens is 1.